The molecule has 0 aliphatic rings. The first-order chi connectivity index (χ1) is 13.0. The van der Waals surface area contributed by atoms with E-state index in [1.165, 1.54) is 12.4 Å². The number of carboxylic acid groups (broad SMARTS) is 1. The van der Waals surface area contributed by atoms with Gasteiger partial charge >= 0.3 is 5.97 Å². The number of aliphatic imine (C=N–C) groups is 1. The predicted octanol–water partition coefficient (Wildman–Crippen LogP) is 2.62. The molecule has 140 valence electrons. The number of allylic oxidation sites excluding steroid dienone is 1. The van der Waals surface area contributed by atoms with Gasteiger partial charge in [-0.3, -0.25) is 4.79 Å². The average Bonchev–Trinajstić information content (AvgIpc) is 2.69. The van der Waals surface area contributed by atoms with Gasteiger partial charge in [-0.15, -0.1) is 0 Å². The Labute approximate surface area is 157 Å². The van der Waals surface area contributed by atoms with E-state index < -0.39 is 5.97 Å². The first-order valence-electron chi connectivity index (χ1n) is 8.43. The van der Waals surface area contributed by atoms with Gasteiger partial charge < -0.3 is 15.8 Å². The van der Waals surface area contributed by atoms with E-state index in [1.807, 2.05) is 31.2 Å². The van der Waals surface area contributed by atoms with Gasteiger partial charge in [-0.25, -0.2) is 15.6 Å². The van der Waals surface area contributed by atoms with Crippen LogP contribution in [0, 0.1) is 0 Å². The molecule has 0 aliphatic heterocycles. The second-order valence-corrected chi connectivity index (χ2v) is 5.72. The molecule has 27 heavy (non-hydrogen) atoms. The van der Waals surface area contributed by atoms with Crippen molar-refractivity contribution in [3.8, 4) is 0 Å². The zero-order valence-corrected chi connectivity index (χ0v) is 15.0. The summed E-state index contributed by atoms with van der Waals surface area (Å²) >= 11 is 0. The number of benzene rings is 2. The second-order valence-electron chi connectivity index (χ2n) is 5.72. The van der Waals surface area contributed by atoms with Gasteiger partial charge in [0.2, 0.25) is 0 Å². The minimum absolute atomic E-state index is 0.227. The lowest BCUT2D eigenvalue weighted by Gasteiger charge is -2.09. The summed E-state index contributed by atoms with van der Waals surface area (Å²) in [6.07, 6.45) is 3.14. The second kappa shape index (κ2) is 9.88. The molecule has 0 aromatic heterocycles. The van der Waals surface area contributed by atoms with Crippen LogP contribution in [0.25, 0.3) is 5.57 Å². The van der Waals surface area contributed by atoms with E-state index >= 15 is 0 Å². The maximum absolute atomic E-state index is 12.4. The third-order valence-corrected chi connectivity index (χ3v) is 3.83. The van der Waals surface area contributed by atoms with E-state index in [0.717, 1.165) is 16.7 Å². The molecule has 0 bridgehead atoms. The van der Waals surface area contributed by atoms with Crippen molar-refractivity contribution in [1.82, 2.24) is 10.7 Å². The summed E-state index contributed by atoms with van der Waals surface area (Å²) in [6.45, 7) is 2.23. The highest BCUT2D eigenvalue weighted by Crippen LogP contribution is 2.19. The summed E-state index contributed by atoms with van der Waals surface area (Å²) in [4.78, 5) is 27.4. The highest BCUT2D eigenvalue weighted by atomic mass is 16.4. The van der Waals surface area contributed by atoms with Crippen LogP contribution in [0.5, 0.6) is 0 Å². The van der Waals surface area contributed by atoms with Gasteiger partial charge in [0.1, 0.15) is 6.34 Å². The number of carboxylic acids is 1. The van der Waals surface area contributed by atoms with E-state index in [4.69, 9.17) is 10.9 Å². The molecule has 0 saturated carbocycles. The molecule has 0 radical (unpaired) electrons. The number of nitrogens with one attached hydrogen (secondary N) is 2. The number of hydrazine groups is 1. The number of hydrogen-bond acceptors (Lipinski definition) is 4. The smallest absolute Gasteiger partial charge is 0.328 e. The Bertz CT molecular complexity index is 875. The fourth-order valence-electron chi connectivity index (χ4n) is 2.54. The maximum atomic E-state index is 12.4. The van der Waals surface area contributed by atoms with Gasteiger partial charge in [-0.1, -0.05) is 31.2 Å². The quantitative estimate of drug-likeness (QED) is 0.188. The van der Waals surface area contributed by atoms with Crippen molar-refractivity contribution in [1.29, 1.82) is 0 Å². The summed E-state index contributed by atoms with van der Waals surface area (Å²) < 4.78 is 0. The lowest BCUT2D eigenvalue weighted by molar-refractivity contribution is -0.131. The van der Waals surface area contributed by atoms with E-state index in [2.05, 4.69) is 15.7 Å². The van der Waals surface area contributed by atoms with Crippen LogP contribution in [-0.4, -0.2) is 23.3 Å². The lowest BCUT2D eigenvalue weighted by Crippen LogP contribution is -2.22. The molecule has 2 rings (SSSR count). The molecule has 0 aliphatic carbocycles. The van der Waals surface area contributed by atoms with Gasteiger partial charge in [0.25, 0.3) is 5.91 Å². The number of carbonyl (C=O) groups excluding carboxylic acids is 1. The lowest BCUT2D eigenvalue weighted by atomic mass is 10.0. The summed E-state index contributed by atoms with van der Waals surface area (Å²) in [5.41, 5.74) is 5.84. The Balaban J connectivity index is 2.08. The SMILES string of the molecule is CC/C(=C\C(=O)O)c1cccc(CNC(=O)c2cccc(N=CNN)c2)c1. The Hall–Kier alpha value is -3.45. The Morgan fingerprint density at radius 1 is 1.15 bits per heavy atom. The van der Waals surface area contributed by atoms with E-state index in [1.54, 1.807) is 24.3 Å². The third kappa shape index (κ3) is 6.09. The number of hydrogen-bond donors (Lipinski definition) is 4. The molecule has 0 atom stereocenters. The van der Waals surface area contributed by atoms with Crippen LogP contribution in [0.1, 0.15) is 34.8 Å². The molecule has 5 N–H and O–H groups in total. The van der Waals surface area contributed by atoms with Crippen LogP contribution in [-0.2, 0) is 11.3 Å². The van der Waals surface area contributed by atoms with Crippen molar-refractivity contribution in [2.45, 2.75) is 19.9 Å². The Morgan fingerprint density at radius 2 is 1.89 bits per heavy atom. The molecule has 7 nitrogen and oxygen atoms in total. The van der Waals surface area contributed by atoms with Crippen LogP contribution in [0.4, 0.5) is 5.69 Å². The Morgan fingerprint density at radius 3 is 2.59 bits per heavy atom. The number of amides is 1. The largest absolute Gasteiger partial charge is 0.478 e. The molecule has 0 fully saturated rings. The zero-order chi connectivity index (χ0) is 19.6. The van der Waals surface area contributed by atoms with Crippen LogP contribution in [0.15, 0.2) is 59.6 Å². The van der Waals surface area contributed by atoms with Crippen molar-refractivity contribution in [2.24, 2.45) is 10.8 Å². The molecule has 2 aromatic rings. The highest BCUT2D eigenvalue weighted by Gasteiger charge is 2.07. The van der Waals surface area contributed by atoms with Gasteiger partial charge in [0.05, 0.1) is 5.69 Å². The zero-order valence-electron chi connectivity index (χ0n) is 15.0. The van der Waals surface area contributed by atoms with Gasteiger partial charge in [0, 0.05) is 18.2 Å². The fraction of sp³-hybridized carbons (Fsp3) is 0.150. The average molecular weight is 366 g/mol. The van der Waals surface area contributed by atoms with Crippen molar-refractivity contribution in [2.75, 3.05) is 0 Å². The standard InChI is InChI=1S/C20H22N4O3/c1-2-15(11-19(25)26)16-6-3-5-14(9-16)12-22-20(27)17-7-4-8-18(10-17)23-13-24-21/h3-11,13H,2,12,21H2,1H3,(H,22,27)(H,23,24)(H,25,26)/b15-11+. The van der Waals surface area contributed by atoms with Crippen LogP contribution in [0.2, 0.25) is 0 Å². The molecule has 2 aromatic carbocycles. The predicted molar refractivity (Wildman–Crippen MR) is 105 cm³/mol. The first kappa shape index (κ1) is 19.9. The van der Waals surface area contributed by atoms with Crippen molar-refractivity contribution >= 4 is 29.5 Å². The van der Waals surface area contributed by atoms with Gasteiger partial charge in [-0.2, -0.15) is 0 Å². The monoisotopic (exact) mass is 366 g/mol. The third-order valence-electron chi connectivity index (χ3n) is 3.83. The maximum Gasteiger partial charge on any atom is 0.328 e. The molecule has 7 heteroatoms. The van der Waals surface area contributed by atoms with Gasteiger partial charge in [-0.05, 0) is 47.4 Å². The number of nitrogens with zero attached hydrogens (tertiary/aromatic N) is 1. The molecule has 0 heterocycles. The molecule has 0 spiro atoms. The molecular formula is C20H22N4O3. The summed E-state index contributed by atoms with van der Waals surface area (Å²) in [5, 5.41) is 11.8. The summed E-state index contributed by atoms with van der Waals surface area (Å²) in [5.74, 6) is 3.94. The minimum Gasteiger partial charge on any atom is -0.478 e. The molecule has 0 saturated heterocycles. The summed E-state index contributed by atoms with van der Waals surface area (Å²) in [7, 11) is 0. The topological polar surface area (TPSA) is 117 Å². The minimum atomic E-state index is -0.974. The fourth-order valence-corrected chi connectivity index (χ4v) is 2.54. The van der Waals surface area contributed by atoms with Crippen LogP contribution in [0.3, 0.4) is 0 Å². The van der Waals surface area contributed by atoms with Crippen LogP contribution < -0.4 is 16.6 Å². The first-order valence-corrected chi connectivity index (χ1v) is 8.43. The molecule has 1 amide bonds. The van der Waals surface area contributed by atoms with Crippen molar-refractivity contribution in [3.05, 3.63) is 71.3 Å². The Kier molecular flexibility index (Phi) is 7.27. The number of carbonyl (C=O) groups is 2. The number of nitrogens with two attached hydrogens (primary N) is 1. The summed E-state index contributed by atoms with van der Waals surface area (Å²) in [6, 6.07) is 14.3. The molecular weight excluding hydrogens is 344 g/mol. The number of aliphatic carboxylic acids is 1. The number of rotatable bonds is 8. The van der Waals surface area contributed by atoms with E-state index in [0.29, 0.717) is 24.2 Å². The normalized spacial score (nSPS) is 11.4. The van der Waals surface area contributed by atoms with E-state index in [-0.39, 0.29) is 5.91 Å². The molecule has 0 unspecified atom stereocenters. The van der Waals surface area contributed by atoms with Crippen molar-refractivity contribution in [3.63, 3.8) is 0 Å². The highest BCUT2D eigenvalue weighted by molar-refractivity contribution is 5.95. The van der Waals surface area contributed by atoms with Crippen molar-refractivity contribution < 1.29 is 14.7 Å². The van der Waals surface area contributed by atoms with Crippen LogP contribution >= 0.6 is 0 Å². The van der Waals surface area contributed by atoms with Gasteiger partial charge in [0.15, 0.2) is 0 Å². The van der Waals surface area contributed by atoms with E-state index in [9.17, 15) is 9.59 Å².